The minimum absolute atomic E-state index is 0.0220. The molecule has 2 unspecified atom stereocenters. The molecule has 3 saturated heterocycles. The van der Waals surface area contributed by atoms with Gasteiger partial charge in [0.2, 0.25) is 11.8 Å². The Labute approximate surface area is 197 Å². The van der Waals surface area contributed by atoms with Gasteiger partial charge in [-0.1, -0.05) is 39.7 Å². The summed E-state index contributed by atoms with van der Waals surface area (Å²) in [6.07, 6.45) is 4.91. The van der Waals surface area contributed by atoms with Crippen LogP contribution in [-0.4, -0.2) is 82.8 Å². The molecule has 3 aliphatic heterocycles. The standard InChI is InChI=1S/C25H40N2O6/c1-6-10-14-26(13-7-2)23(30)21-25-12-11-18(33-25)19(24(31)32-9-4)20(25)22(29)27(21)17(15-28)16(5)8-3/h7,16-21,28H,2,6,8-15H2,1,3-5H3/t16-,17-,18+,19-,20-,21?,25?/m0/s1. The highest BCUT2D eigenvalue weighted by molar-refractivity contribution is 5.98. The van der Waals surface area contributed by atoms with Gasteiger partial charge in [0.05, 0.1) is 37.2 Å². The molecule has 3 aliphatic rings. The Hall–Kier alpha value is -1.93. The molecular formula is C25H40N2O6. The van der Waals surface area contributed by atoms with E-state index in [-0.39, 0.29) is 30.9 Å². The molecule has 0 aliphatic carbocycles. The third kappa shape index (κ3) is 4.20. The Balaban J connectivity index is 2.08. The number of ether oxygens (including phenoxy) is 2. The van der Waals surface area contributed by atoms with Crippen molar-refractivity contribution in [3.05, 3.63) is 12.7 Å². The quantitative estimate of drug-likeness (QED) is 0.351. The van der Waals surface area contributed by atoms with E-state index in [0.717, 1.165) is 19.3 Å². The second-order valence-electron chi connectivity index (χ2n) is 9.62. The number of carbonyl (C=O) groups is 3. The van der Waals surface area contributed by atoms with Crippen LogP contribution >= 0.6 is 0 Å². The summed E-state index contributed by atoms with van der Waals surface area (Å²) in [4.78, 5) is 44.2. The van der Waals surface area contributed by atoms with Gasteiger partial charge in [-0.3, -0.25) is 14.4 Å². The Morgan fingerprint density at radius 3 is 2.70 bits per heavy atom. The number of nitrogens with zero attached hydrogens (tertiary/aromatic N) is 2. The Morgan fingerprint density at radius 2 is 2.12 bits per heavy atom. The summed E-state index contributed by atoms with van der Waals surface area (Å²) in [6, 6.07) is -1.40. The van der Waals surface area contributed by atoms with E-state index in [4.69, 9.17) is 9.47 Å². The van der Waals surface area contributed by atoms with Crippen LogP contribution in [0.5, 0.6) is 0 Å². The first-order valence-electron chi connectivity index (χ1n) is 12.5. The first kappa shape index (κ1) is 25.7. The van der Waals surface area contributed by atoms with E-state index in [1.165, 1.54) is 0 Å². The predicted molar refractivity (Wildman–Crippen MR) is 123 cm³/mol. The summed E-state index contributed by atoms with van der Waals surface area (Å²) in [7, 11) is 0. The van der Waals surface area contributed by atoms with Crippen molar-refractivity contribution in [2.75, 3.05) is 26.3 Å². The van der Waals surface area contributed by atoms with Crippen LogP contribution in [0, 0.1) is 17.8 Å². The monoisotopic (exact) mass is 464 g/mol. The van der Waals surface area contributed by atoms with Gasteiger partial charge in [0.25, 0.3) is 0 Å². The lowest BCUT2D eigenvalue weighted by Gasteiger charge is -2.41. The molecule has 3 heterocycles. The summed E-state index contributed by atoms with van der Waals surface area (Å²) < 4.78 is 11.7. The predicted octanol–water partition coefficient (Wildman–Crippen LogP) is 2.15. The highest BCUT2D eigenvalue weighted by atomic mass is 16.6. The van der Waals surface area contributed by atoms with E-state index in [1.54, 1.807) is 22.8 Å². The van der Waals surface area contributed by atoms with Crippen molar-refractivity contribution < 1.29 is 29.0 Å². The average molecular weight is 465 g/mol. The molecule has 0 aromatic carbocycles. The molecule has 8 heteroatoms. The van der Waals surface area contributed by atoms with Crippen LogP contribution in [0.4, 0.5) is 0 Å². The maximum Gasteiger partial charge on any atom is 0.312 e. The number of carbonyl (C=O) groups excluding carboxylic acids is 3. The van der Waals surface area contributed by atoms with Crippen LogP contribution in [0.3, 0.4) is 0 Å². The second kappa shape index (κ2) is 10.6. The molecule has 1 N–H and O–H groups in total. The molecule has 0 aromatic heterocycles. The largest absolute Gasteiger partial charge is 0.466 e. The Bertz CT molecular complexity index is 757. The van der Waals surface area contributed by atoms with Gasteiger partial charge in [-0.05, 0) is 32.1 Å². The normalized spacial score (nSPS) is 31.9. The van der Waals surface area contributed by atoms with Crippen molar-refractivity contribution >= 4 is 17.8 Å². The number of rotatable bonds is 12. The third-order valence-electron chi connectivity index (χ3n) is 7.82. The van der Waals surface area contributed by atoms with Crippen molar-refractivity contribution in [3.63, 3.8) is 0 Å². The molecule has 0 radical (unpaired) electrons. The fourth-order valence-electron chi connectivity index (χ4n) is 6.02. The number of aliphatic hydroxyl groups excluding tert-OH is 1. The number of unbranched alkanes of at least 4 members (excludes halogenated alkanes) is 1. The first-order valence-corrected chi connectivity index (χ1v) is 12.5. The molecule has 2 bridgehead atoms. The summed E-state index contributed by atoms with van der Waals surface area (Å²) >= 11 is 0. The highest BCUT2D eigenvalue weighted by Crippen LogP contribution is 2.59. The molecule has 1 spiro atoms. The number of esters is 1. The lowest BCUT2D eigenvalue weighted by Crippen LogP contribution is -2.59. The summed E-state index contributed by atoms with van der Waals surface area (Å²) in [5.74, 6) is -2.40. The molecule has 7 atom stereocenters. The van der Waals surface area contributed by atoms with Crippen LogP contribution in [0.25, 0.3) is 0 Å². The van der Waals surface area contributed by atoms with Gasteiger partial charge in [-0.15, -0.1) is 6.58 Å². The van der Waals surface area contributed by atoms with E-state index in [9.17, 15) is 19.5 Å². The van der Waals surface area contributed by atoms with E-state index in [0.29, 0.717) is 25.9 Å². The molecule has 8 nitrogen and oxygen atoms in total. The van der Waals surface area contributed by atoms with E-state index >= 15 is 0 Å². The van der Waals surface area contributed by atoms with Crippen molar-refractivity contribution in [1.29, 1.82) is 0 Å². The second-order valence-corrected chi connectivity index (χ2v) is 9.62. The fourth-order valence-corrected chi connectivity index (χ4v) is 6.02. The number of amides is 2. The van der Waals surface area contributed by atoms with Crippen molar-refractivity contribution in [2.24, 2.45) is 17.8 Å². The Morgan fingerprint density at radius 1 is 1.39 bits per heavy atom. The SMILES string of the molecule is C=CCN(CCCC)C(=O)C1N([C@@H](CO)[C@@H](C)CC)C(=O)[C@@H]2[C@@H](C(=O)OCC)[C@H]3CCC12O3. The zero-order valence-electron chi connectivity index (χ0n) is 20.5. The van der Waals surface area contributed by atoms with Gasteiger partial charge in [-0.25, -0.2) is 0 Å². The first-order chi connectivity index (χ1) is 15.8. The zero-order chi connectivity index (χ0) is 24.3. The molecule has 0 saturated carbocycles. The van der Waals surface area contributed by atoms with Crippen molar-refractivity contribution in [2.45, 2.75) is 83.6 Å². The minimum atomic E-state index is -1.07. The molecule has 3 rings (SSSR count). The summed E-state index contributed by atoms with van der Waals surface area (Å²) in [5.41, 5.74) is -1.07. The molecule has 2 amide bonds. The Kier molecular flexibility index (Phi) is 8.22. The summed E-state index contributed by atoms with van der Waals surface area (Å²) in [5, 5.41) is 10.3. The van der Waals surface area contributed by atoms with Crippen LogP contribution in [-0.2, 0) is 23.9 Å². The van der Waals surface area contributed by atoms with Gasteiger partial charge in [0.1, 0.15) is 11.6 Å². The number of aliphatic hydroxyl groups is 1. The van der Waals surface area contributed by atoms with Gasteiger partial charge >= 0.3 is 5.97 Å². The molecular weight excluding hydrogens is 424 g/mol. The maximum absolute atomic E-state index is 14.1. The van der Waals surface area contributed by atoms with E-state index < -0.39 is 41.6 Å². The number of likely N-dealkylation sites (tertiary alicyclic amines) is 1. The zero-order valence-corrected chi connectivity index (χ0v) is 20.5. The van der Waals surface area contributed by atoms with Crippen LogP contribution < -0.4 is 0 Å². The molecule has 186 valence electrons. The van der Waals surface area contributed by atoms with Crippen molar-refractivity contribution in [3.8, 4) is 0 Å². The lowest BCUT2D eigenvalue weighted by atomic mass is 9.70. The maximum atomic E-state index is 14.1. The highest BCUT2D eigenvalue weighted by Gasteiger charge is 2.75. The van der Waals surface area contributed by atoms with E-state index in [2.05, 4.69) is 13.5 Å². The average Bonchev–Trinajstić information content (AvgIpc) is 3.44. The number of hydrogen-bond donors (Lipinski definition) is 1. The minimum Gasteiger partial charge on any atom is -0.466 e. The number of hydrogen-bond acceptors (Lipinski definition) is 6. The van der Waals surface area contributed by atoms with E-state index in [1.807, 2.05) is 13.8 Å². The van der Waals surface area contributed by atoms with Gasteiger partial charge in [0.15, 0.2) is 0 Å². The fraction of sp³-hybridized carbons (Fsp3) is 0.800. The van der Waals surface area contributed by atoms with Crippen molar-refractivity contribution in [1.82, 2.24) is 9.80 Å². The van der Waals surface area contributed by atoms with Gasteiger partial charge < -0.3 is 24.4 Å². The molecule has 33 heavy (non-hydrogen) atoms. The van der Waals surface area contributed by atoms with Gasteiger partial charge in [-0.2, -0.15) is 0 Å². The molecule has 0 aromatic rings. The summed E-state index contributed by atoms with van der Waals surface area (Å²) in [6.45, 7) is 12.5. The van der Waals surface area contributed by atoms with Crippen LogP contribution in [0.1, 0.15) is 59.8 Å². The molecule has 3 fully saturated rings. The third-order valence-corrected chi connectivity index (χ3v) is 7.82. The lowest BCUT2D eigenvalue weighted by molar-refractivity contribution is -0.157. The van der Waals surface area contributed by atoms with Crippen LogP contribution in [0.15, 0.2) is 12.7 Å². The smallest absolute Gasteiger partial charge is 0.312 e. The van der Waals surface area contributed by atoms with Crippen LogP contribution in [0.2, 0.25) is 0 Å². The number of fused-ring (bicyclic) bond motifs is 1. The van der Waals surface area contributed by atoms with Gasteiger partial charge in [0, 0.05) is 13.1 Å². The topological polar surface area (TPSA) is 96.4 Å².